The molecule has 0 saturated carbocycles. The van der Waals surface area contributed by atoms with Crippen molar-refractivity contribution in [2.75, 3.05) is 11.5 Å². The maximum atomic E-state index is 11.5. The summed E-state index contributed by atoms with van der Waals surface area (Å²) >= 11 is 6.12. The Morgan fingerprint density at radius 2 is 1.90 bits per heavy atom. The number of halogens is 1. The summed E-state index contributed by atoms with van der Waals surface area (Å²) in [5.41, 5.74) is 2.68. The number of hydrogen-bond acceptors (Lipinski definition) is 3. The molecule has 0 amide bonds. The van der Waals surface area contributed by atoms with Crippen molar-refractivity contribution >= 4 is 21.4 Å². The van der Waals surface area contributed by atoms with Gasteiger partial charge in [0.15, 0.2) is 0 Å². The molecule has 3 nitrogen and oxygen atoms in total. The summed E-state index contributed by atoms with van der Waals surface area (Å²) in [5.74, 6) is 0.638. The van der Waals surface area contributed by atoms with Crippen molar-refractivity contribution in [3.05, 3.63) is 34.3 Å². The third kappa shape index (κ3) is 3.18. The zero-order valence-electron chi connectivity index (χ0n) is 11.4. The van der Waals surface area contributed by atoms with Gasteiger partial charge in [-0.2, -0.15) is 0 Å². The maximum absolute atomic E-state index is 11.5. The smallest absolute Gasteiger partial charge is 0.150 e. The first-order chi connectivity index (χ1) is 9.53. The number of fused-ring (bicyclic) bond motifs is 1. The zero-order chi connectivity index (χ0) is 14.2. The maximum Gasteiger partial charge on any atom is 0.150 e. The van der Waals surface area contributed by atoms with Gasteiger partial charge < -0.3 is 5.32 Å². The minimum Gasteiger partial charge on any atom is -0.307 e. The van der Waals surface area contributed by atoms with Gasteiger partial charge in [0, 0.05) is 17.1 Å². The Balaban J connectivity index is 1.72. The molecule has 1 heterocycles. The van der Waals surface area contributed by atoms with Gasteiger partial charge in [-0.15, -0.1) is 0 Å². The summed E-state index contributed by atoms with van der Waals surface area (Å²) in [7, 11) is -2.78. The predicted octanol–water partition coefficient (Wildman–Crippen LogP) is 2.88. The summed E-state index contributed by atoms with van der Waals surface area (Å²) in [6, 6.07) is 6.77. The summed E-state index contributed by atoms with van der Waals surface area (Å²) < 4.78 is 23.0. The minimum absolute atomic E-state index is 0.313. The van der Waals surface area contributed by atoms with Crippen LogP contribution in [0.2, 0.25) is 5.02 Å². The van der Waals surface area contributed by atoms with Crippen LogP contribution in [-0.4, -0.2) is 26.0 Å². The zero-order valence-corrected chi connectivity index (χ0v) is 13.0. The fraction of sp³-hybridized carbons (Fsp3) is 0.600. The Hall–Kier alpha value is -0.580. The monoisotopic (exact) mass is 313 g/mol. The predicted molar refractivity (Wildman–Crippen MR) is 81.9 cm³/mol. The van der Waals surface area contributed by atoms with Gasteiger partial charge in [0.25, 0.3) is 0 Å². The Kier molecular flexibility index (Phi) is 4.07. The molecule has 3 rings (SSSR count). The van der Waals surface area contributed by atoms with Gasteiger partial charge in [-0.25, -0.2) is 8.42 Å². The molecular formula is C15H20ClNO2S. The third-order valence-electron chi connectivity index (χ3n) is 4.41. The first-order valence-corrected chi connectivity index (χ1v) is 9.48. The molecule has 20 heavy (non-hydrogen) atoms. The largest absolute Gasteiger partial charge is 0.307 e. The highest BCUT2D eigenvalue weighted by Gasteiger charge is 2.27. The molecule has 5 heteroatoms. The molecule has 1 fully saturated rings. The van der Waals surface area contributed by atoms with Gasteiger partial charge in [-0.3, -0.25) is 0 Å². The van der Waals surface area contributed by atoms with E-state index in [1.165, 1.54) is 17.5 Å². The van der Waals surface area contributed by atoms with E-state index in [2.05, 4.69) is 17.4 Å². The quantitative estimate of drug-likeness (QED) is 0.913. The summed E-state index contributed by atoms with van der Waals surface area (Å²) in [5, 5.41) is 4.44. The van der Waals surface area contributed by atoms with Gasteiger partial charge in [-0.05, 0) is 55.4 Å². The molecule has 0 spiro atoms. The molecule has 1 atom stereocenters. The van der Waals surface area contributed by atoms with E-state index in [4.69, 9.17) is 11.6 Å². The molecule has 1 N–H and O–H groups in total. The second-order valence-corrected chi connectivity index (χ2v) is 8.62. The van der Waals surface area contributed by atoms with Gasteiger partial charge in [0.2, 0.25) is 0 Å². The van der Waals surface area contributed by atoms with Crippen LogP contribution in [0.1, 0.15) is 42.9 Å². The second kappa shape index (κ2) is 5.66. The van der Waals surface area contributed by atoms with Crippen molar-refractivity contribution in [1.29, 1.82) is 0 Å². The average Bonchev–Trinajstić information content (AvgIpc) is 2.42. The molecule has 1 saturated heterocycles. The molecule has 110 valence electrons. The van der Waals surface area contributed by atoms with Crippen LogP contribution in [0.4, 0.5) is 0 Å². The van der Waals surface area contributed by atoms with Crippen LogP contribution in [0, 0.1) is 0 Å². The molecular weight excluding hydrogens is 294 g/mol. The van der Waals surface area contributed by atoms with E-state index < -0.39 is 9.84 Å². The van der Waals surface area contributed by atoms with Crippen molar-refractivity contribution < 1.29 is 8.42 Å². The average molecular weight is 314 g/mol. The number of benzene rings is 1. The van der Waals surface area contributed by atoms with E-state index in [1.54, 1.807) is 0 Å². The lowest BCUT2D eigenvalue weighted by Crippen LogP contribution is -2.40. The number of hydrogen-bond donors (Lipinski definition) is 1. The number of aryl methyl sites for hydroxylation is 1. The molecule has 1 aliphatic carbocycles. The van der Waals surface area contributed by atoms with Crippen molar-refractivity contribution in [3.8, 4) is 0 Å². The van der Waals surface area contributed by atoms with Gasteiger partial charge in [0.1, 0.15) is 9.84 Å². The Bertz CT molecular complexity index is 586. The number of rotatable bonds is 2. The lowest BCUT2D eigenvalue weighted by atomic mass is 9.87. The fourth-order valence-corrected chi connectivity index (χ4v) is 4.96. The van der Waals surface area contributed by atoms with E-state index in [0.29, 0.717) is 23.6 Å². The van der Waals surface area contributed by atoms with Crippen molar-refractivity contribution in [2.24, 2.45) is 0 Å². The fourth-order valence-electron chi connectivity index (χ4n) is 3.28. The summed E-state index contributed by atoms with van der Waals surface area (Å²) in [6.45, 7) is 0. The van der Waals surface area contributed by atoms with Gasteiger partial charge in [-0.1, -0.05) is 17.7 Å². The first kappa shape index (κ1) is 14.4. The van der Waals surface area contributed by atoms with E-state index in [0.717, 1.165) is 30.7 Å². The van der Waals surface area contributed by atoms with Crippen molar-refractivity contribution in [2.45, 2.75) is 44.2 Å². The van der Waals surface area contributed by atoms with Crippen LogP contribution >= 0.6 is 11.6 Å². The second-order valence-electron chi connectivity index (χ2n) is 5.88. The Labute approximate surface area is 125 Å². The molecule has 1 aromatic carbocycles. The van der Waals surface area contributed by atoms with Crippen LogP contribution < -0.4 is 5.32 Å². The Morgan fingerprint density at radius 1 is 1.15 bits per heavy atom. The molecule has 0 aromatic heterocycles. The van der Waals surface area contributed by atoms with E-state index in [9.17, 15) is 8.42 Å². The van der Waals surface area contributed by atoms with Crippen LogP contribution in [0.15, 0.2) is 18.2 Å². The molecule has 0 radical (unpaired) electrons. The van der Waals surface area contributed by atoms with E-state index >= 15 is 0 Å². The third-order valence-corrected chi connectivity index (χ3v) is 6.36. The van der Waals surface area contributed by atoms with Crippen LogP contribution in [-0.2, 0) is 16.3 Å². The molecule has 1 aliphatic heterocycles. The van der Waals surface area contributed by atoms with E-state index in [1.807, 2.05) is 6.07 Å². The normalized spacial score (nSPS) is 26.1. The minimum atomic E-state index is -2.78. The van der Waals surface area contributed by atoms with Gasteiger partial charge >= 0.3 is 0 Å². The van der Waals surface area contributed by atoms with Crippen LogP contribution in [0.5, 0.6) is 0 Å². The lowest BCUT2D eigenvalue weighted by molar-refractivity contribution is 0.373. The molecule has 0 bridgehead atoms. The first-order valence-electron chi connectivity index (χ1n) is 7.28. The number of nitrogens with one attached hydrogen (secondary N) is 1. The highest BCUT2D eigenvalue weighted by atomic mass is 35.5. The van der Waals surface area contributed by atoms with Gasteiger partial charge in [0.05, 0.1) is 11.5 Å². The highest BCUT2D eigenvalue weighted by Crippen LogP contribution is 2.32. The standard InChI is InChI=1S/C15H20ClNO2S/c16-12-5-4-11-2-1-3-15(14(11)10-12)17-13-6-8-20(18,19)9-7-13/h4-5,10,13,15,17H,1-3,6-9H2/t15-/m0/s1. The molecule has 1 aromatic rings. The molecule has 0 unspecified atom stereocenters. The van der Waals surface area contributed by atoms with Crippen LogP contribution in [0.3, 0.4) is 0 Å². The summed E-state index contributed by atoms with van der Waals surface area (Å²) in [6.07, 6.45) is 4.86. The SMILES string of the molecule is O=S1(=O)CCC(N[C@H]2CCCc3ccc(Cl)cc32)CC1. The topological polar surface area (TPSA) is 46.2 Å². The molecule has 2 aliphatic rings. The van der Waals surface area contributed by atoms with Crippen molar-refractivity contribution in [1.82, 2.24) is 5.32 Å². The highest BCUT2D eigenvalue weighted by molar-refractivity contribution is 7.91. The van der Waals surface area contributed by atoms with E-state index in [-0.39, 0.29) is 0 Å². The van der Waals surface area contributed by atoms with Crippen molar-refractivity contribution in [3.63, 3.8) is 0 Å². The lowest BCUT2D eigenvalue weighted by Gasteiger charge is -2.32. The Morgan fingerprint density at radius 3 is 2.65 bits per heavy atom. The van der Waals surface area contributed by atoms with Crippen LogP contribution in [0.25, 0.3) is 0 Å². The summed E-state index contributed by atoms with van der Waals surface area (Å²) in [4.78, 5) is 0. The number of sulfone groups is 1.